The topological polar surface area (TPSA) is 66.5 Å². The second-order valence-electron chi connectivity index (χ2n) is 7.33. The number of likely N-dealkylation sites (tertiary alicyclic amines) is 1. The van der Waals surface area contributed by atoms with Crippen molar-refractivity contribution in [3.8, 4) is 0 Å². The van der Waals surface area contributed by atoms with E-state index >= 15 is 0 Å². The first-order chi connectivity index (χ1) is 14.0. The fraction of sp³-hybridized carbons (Fsp3) is 0.208. The van der Waals surface area contributed by atoms with E-state index in [2.05, 4.69) is 23.5 Å². The van der Waals surface area contributed by atoms with Gasteiger partial charge in [-0.1, -0.05) is 54.6 Å². The second-order valence-corrected chi connectivity index (χ2v) is 7.33. The van der Waals surface area contributed by atoms with Crippen LogP contribution in [0.2, 0.25) is 0 Å². The molecule has 0 saturated carbocycles. The van der Waals surface area contributed by atoms with Crippen molar-refractivity contribution in [3.63, 3.8) is 0 Å². The summed E-state index contributed by atoms with van der Waals surface area (Å²) in [5.74, 6) is -0.438. The zero-order valence-electron chi connectivity index (χ0n) is 16.2. The molecule has 0 radical (unpaired) electrons. The van der Waals surface area contributed by atoms with E-state index in [9.17, 15) is 14.4 Å². The van der Waals surface area contributed by atoms with Gasteiger partial charge in [-0.3, -0.25) is 19.3 Å². The van der Waals surface area contributed by atoms with Gasteiger partial charge in [0.05, 0.1) is 12.6 Å². The molecule has 1 heterocycles. The molecular weight excluding hydrogens is 364 g/mol. The van der Waals surface area contributed by atoms with E-state index < -0.39 is 0 Å². The molecule has 3 amide bonds. The summed E-state index contributed by atoms with van der Waals surface area (Å²) in [6.45, 7) is 2.23. The van der Waals surface area contributed by atoms with Crippen molar-refractivity contribution in [2.75, 3.05) is 0 Å². The number of carbonyl (C=O) groups is 3. The molecule has 4 rings (SSSR count). The molecule has 0 bridgehead atoms. The van der Waals surface area contributed by atoms with Crippen LogP contribution < -0.4 is 5.32 Å². The number of amides is 3. The smallest absolute Gasteiger partial charge is 0.251 e. The van der Waals surface area contributed by atoms with E-state index in [0.717, 1.165) is 21.9 Å². The quantitative estimate of drug-likeness (QED) is 0.675. The maximum absolute atomic E-state index is 12.7. The molecule has 1 aliphatic heterocycles. The summed E-state index contributed by atoms with van der Waals surface area (Å²) in [5, 5.41) is 5.32. The number of rotatable bonds is 5. The first kappa shape index (κ1) is 18.9. The molecule has 3 aromatic carbocycles. The van der Waals surface area contributed by atoms with Crippen molar-refractivity contribution in [1.29, 1.82) is 0 Å². The molecular formula is C24H22N2O3. The first-order valence-corrected chi connectivity index (χ1v) is 9.73. The number of fused-ring (bicyclic) bond motifs is 1. The van der Waals surface area contributed by atoms with Gasteiger partial charge >= 0.3 is 0 Å². The molecule has 1 aliphatic rings. The van der Waals surface area contributed by atoms with Crippen molar-refractivity contribution < 1.29 is 14.4 Å². The van der Waals surface area contributed by atoms with Crippen LogP contribution in [0.5, 0.6) is 0 Å². The van der Waals surface area contributed by atoms with Gasteiger partial charge in [0.2, 0.25) is 11.8 Å². The van der Waals surface area contributed by atoms with E-state index in [-0.39, 0.29) is 43.1 Å². The van der Waals surface area contributed by atoms with Gasteiger partial charge in [-0.05, 0) is 41.0 Å². The van der Waals surface area contributed by atoms with Gasteiger partial charge in [0.25, 0.3) is 5.91 Å². The van der Waals surface area contributed by atoms with Gasteiger partial charge < -0.3 is 5.32 Å². The van der Waals surface area contributed by atoms with E-state index in [1.54, 1.807) is 24.3 Å². The Bertz CT molecular complexity index is 1070. The number of carbonyl (C=O) groups excluding carboxylic acids is 3. The third-order valence-corrected chi connectivity index (χ3v) is 5.35. The average Bonchev–Trinajstić information content (AvgIpc) is 3.05. The van der Waals surface area contributed by atoms with Crippen LogP contribution in [0, 0.1) is 0 Å². The standard InChI is InChI=1S/C24H22N2O3/c1-16(20-8-4-6-18-5-2-3-7-21(18)20)25-24(29)19-11-9-17(10-12-19)15-26-22(27)13-14-23(26)28/h2-12,16H,13-15H2,1H3,(H,25,29). The van der Waals surface area contributed by atoms with Crippen molar-refractivity contribution in [2.24, 2.45) is 0 Å². The maximum Gasteiger partial charge on any atom is 0.251 e. The number of nitrogens with zero attached hydrogens (tertiary/aromatic N) is 1. The van der Waals surface area contributed by atoms with Crippen LogP contribution in [0.1, 0.15) is 47.3 Å². The zero-order valence-corrected chi connectivity index (χ0v) is 16.2. The highest BCUT2D eigenvalue weighted by Crippen LogP contribution is 2.24. The molecule has 3 aromatic rings. The van der Waals surface area contributed by atoms with E-state index in [1.807, 2.05) is 31.2 Å². The average molecular weight is 386 g/mol. The maximum atomic E-state index is 12.7. The van der Waals surface area contributed by atoms with Gasteiger partial charge in [-0.15, -0.1) is 0 Å². The third-order valence-electron chi connectivity index (χ3n) is 5.35. The third kappa shape index (κ3) is 3.90. The second kappa shape index (κ2) is 7.87. The van der Waals surface area contributed by atoms with Crippen LogP contribution >= 0.6 is 0 Å². The van der Waals surface area contributed by atoms with Crippen molar-refractivity contribution in [1.82, 2.24) is 10.2 Å². The minimum absolute atomic E-state index is 0.138. The monoisotopic (exact) mass is 386 g/mol. The molecule has 1 unspecified atom stereocenters. The number of nitrogens with one attached hydrogen (secondary N) is 1. The Balaban J connectivity index is 1.45. The molecule has 1 N–H and O–H groups in total. The first-order valence-electron chi connectivity index (χ1n) is 9.73. The minimum Gasteiger partial charge on any atom is -0.345 e. The zero-order chi connectivity index (χ0) is 20.4. The number of hydrogen-bond acceptors (Lipinski definition) is 3. The van der Waals surface area contributed by atoms with Crippen LogP contribution in [0.15, 0.2) is 66.7 Å². The van der Waals surface area contributed by atoms with Crippen LogP contribution in [-0.2, 0) is 16.1 Å². The molecule has 5 nitrogen and oxygen atoms in total. The molecule has 0 spiro atoms. The van der Waals surface area contributed by atoms with Gasteiger partial charge in [0.1, 0.15) is 0 Å². The van der Waals surface area contributed by atoms with E-state index in [4.69, 9.17) is 0 Å². The molecule has 1 saturated heterocycles. The van der Waals surface area contributed by atoms with Crippen molar-refractivity contribution in [3.05, 3.63) is 83.4 Å². The SMILES string of the molecule is CC(NC(=O)c1ccc(CN2C(=O)CCC2=O)cc1)c1cccc2ccccc12. The van der Waals surface area contributed by atoms with Crippen LogP contribution in [-0.4, -0.2) is 22.6 Å². The van der Waals surface area contributed by atoms with Gasteiger partial charge in [-0.2, -0.15) is 0 Å². The molecule has 0 aliphatic carbocycles. The summed E-state index contributed by atoms with van der Waals surface area (Å²) in [6.07, 6.45) is 0.566. The number of hydrogen-bond donors (Lipinski definition) is 1. The summed E-state index contributed by atoms with van der Waals surface area (Å²) in [6, 6.07) is 21.1. The fourth-order valence-electron chi connectivity index (χ4n) is 3.73. The Morgan fingerprint density at radius 1 is 0.931 bits per heavy atom. The summed E-state index contributed by atoms with van der Waals surface area (Å²) >= 11 is 0. The number of imide groups is 1. The largest absolute Gasteiger partial charge is 0.345 e. The Kier molecular flexibility index (Phi) is 5.12. The lowest BCUT2D eigenvalue weighted by Crippen LogP contribution is -2.28. The van der Waals surface area contributed by atoms with E-state index in [0.29, 0.717) is 5.56 Å². The predicted molar refractivity (Wildman–Crippen MR) is 111 cm³/mol. The normalized spacial score (nSPS) is 15.0. The predicted octanol–water partition coefficient (Wildman–Crippen LogP) is 3.98. The molecule has 1 fully saturated rings. The summed E-state index contributed by atoms with van der Waals surface area (Å²) < 4.78 is 0. The minimum atomic E-state index is -0.162. The Morgan fingerprint density at radius 3 is 2.31 bits per heavy atom. The highest BCUT2D eigenvalue weighted by molar-refractivity contribution is 6.01. The summed E-state index contributed by atoms with van der Waals surface area (Å²) in [5.41, 5.74) is 2.44. The Labute approximate surface area is 169 Å². The molecule has 0 aromatic heterocycles. The molecule has 146 valence electrons. The van der Waals surface area contributed by atoms with Gasteiger partial charge in [0, 0.05) is 18.4 Å². The molecule has 1 atom stereocenters. The van der Waals surface area contributed by atoms with Gasteiger partial charge in [-0.25, -0.2) is 0 Å². The highest BCUT2D eigenvalue weighted by atomic mass is 16.2. The van der Waals surface area contributed by atoms with Crippen molar-refractivity contribution in [2.45, 2.75) is 32.4 Å². The lowest BCUT2D eigenvalue weighted by atomic mass is 9.99. The van der Waals surface area contributed by atoms with Crippen LogP contribution in [0.3, 0.4) is 0 Å². The lowest BCUT2D eigenvalue weighted by molar-refractivity contribution is -0.139. The van der Waals surface area contributed by atoms with Crippen LogP contribution in [0.4, 0.5) is 0 Å². The van der Waals surface area contributed by atoms with Crippen molar-refractivity contribution >= 4 is 28.5 Å². The number of benzene rings is 3. The fourth-order valence-corrected chi connectivity index (χ4v) is 3.73. The molecule has 29 heavy (non-hydrogen) atoms. The summed E-state index contributed by atoms with van der Waals surface area (Å²) in [4.78, 5) is 37.5. The summed E-state index contributed by atoms with van der Waals surface area (Å²) in [7, 11) is 0. The Hall–Kier alpha value is -3.47. The van der Waals surface area contributed by atoms with Crippen LogP contribution in [0.25, 0.3) is 10.8 Å². The van der Waals surface area contributed by atoms with E-state index in [1.165, 1.54) is 4.90 Å². The molecule has 5 heteroatoms. The highest BCUT2D eigenvalue weighted by Gasteiger charge is 2.28. The lowest BCUT2D eigenvalue weighted by Gasteiger charge is -2.17. The Morgan fingerprint density at radius 2 is 1.59 bits per heavy atom. The van der Waals surface area contributed by atoms with Gasteiger partial charge in [0.15, 0.2) is 0 Å².